The van der Waals surface area contributed by atoms with Crippen LogP contribution in [0.15, 0.2) is 41.3 Å². The molecular weight excluding hydrogens is 420 g/mol. The molecule has 2 N–H and O–H groups in total. The monoisotopic (exact) mass is 448 g/mol. The molecule has 0 radical (unpaired) electrons. The summed E-state index contributed by atoms with van der Waals surface area (Å²) in [7, 11) is -1.33. The number of hydrogen-bond acceptors (Lipinski definition) is 6. The zero-order chi connectivity index (χ0) is 23.3. The minimum absolute atomic E-state index is 0.0603. The summed E-state index contributed by atoms with van der Waals surface area (Å²) >= 11 is 0. The second kappa shape index (κ2) is 9.93. The zero-order valence-electron chi connectivity index (χ0n) is 18.5. The van der Waals surface area contributed by atoms with E-state index >= 15 is 0 Å². The van der Waals surface area contributed by atoms with Crippen molar-refractivity contribution in [2.45, 2.75) is 44.7 Å². The Balaban J connectivity index is 2.48. The van der Waals surface area contributed by atoms with Crippen LogP contribution in [0.4, 0.5) is 0 Å². The number of hydrogen-bond donors (Lipinski definition) is 2. The number of aryl methyl sites for hydroxylation is 2. The first-order chi connectivity index (χ1) is 14.5. The molecule has 2 aromatic carbocycles. The topological polar surface area (TPSA) is 111 Å². The van der Waals surface area contributed by atoms with Gasteiger partial charge in [-0.2, -0.15) is 0 Å². The van der Waals surface area contributed by atoms with Crippen molar-refractivity contribution < 1.29 is 27.5 Å². The quantitative estimate of drug-likeness (QED) is 0.601. The number of benzene rings is 2. The van der Waals surface area contributed by atoms with Gasteiger partial charge in [-0.1, -0.05) is 18.2 Å². The second-order valence-electron chi connectivity index (χ2n) is 7.38. The highest BCUT2D eigenvalue weighted by molar-refractivity contribution is 7.89. The molecule has 1 amide bonds. The Labute approximate surface area is 183 Å². The first-order valence-electron chi connectivity index (χ1n) is 9.67. The minimum Gasteiger partial charge on any atom is -0.495 e. The van der Waals surface area contributed by atoms with Gasteiger partial charge in [0.2, 0.25) is 10.0 Å². The molecule has 31 heavy (non-hydrogen) atoms. The Kier molecular flexibility index (Phi) is 7.80. The summed E-state index contributed by atoms with van der Waals surface area (Å²) < 4.78 is 37.9. The van der Waals surface area contributed by atoms with Crippen LogP contribution in [0.3, 0.4) is 0 Å². The fourth-order valence-electron chi connectivity index (χ4n) is 3.27. The summed E-state index contributed by atoms with van der Waals surface area (Å²) in [6.07, 6.45) is 0. The molecule has 0 unspecified atom stereocenters. The summed E-state index contributed by atoms with van der Waals surface area (Å²) in [4.78, 5) is 25.3. The molecule has 0 bridgehead atoms. The first kappa shape index (κ1) is 24.4. The number of esters is 1. The molecule has 8 nitrogen and oxygen atoms in total. The number of sulfonamides is 1. The lowest BCUT2D eigenvalue weighted by Gasteiger charge is -2.21. The average Bonchev–Trinajstić information content (AvgIpc) is 2.70. The van der Waals surface area contributed by atoms with E-state index in [0.29, 0.717) is 5.56 Å². The third-order valence-corrected chi connectivity index (χ3v) is 6.33. The van der Waals surface area contributed by atoms with Crippen molar-refractivity contribution in [3.8, 4) is 5.75 Å². The Morgan fingerprint density at radius 2 is 1.61 bits per heavy atom. The fraction of sp³-hybridized carbons (Fsp3) is 0.364. The highest BCUT2D eigenvalue weighted by Crippen LogP contribution is 2.27. The number of carbonyl (C=O) groups excluding carboxylic acids is 2. The molecule has 0 saturated heterocycles. The SMILES string of the molecule is COC(=O)[C@H](NC(=O)c1ccc(OC)c(S(=O)(=O)NC(C)C)c1)c1c(C)cccc1C. The van der Waals surface area contributed by atoms with Crippen LogP contribution in [-0.2, 0) is 19.6 Å². The molecule has 168 valence electrons. The van der Waals surface area contributed by atoms with Crippen LogP contribution < -0.4 is 14.8 Å². The summed E-state index contributed by atoms with van der Waals surface area (Å²) in [5.74, 6) is -1.15. The standard InChI is InChI=1S/C22H28N2O6S/c1-13(2)24-31(27,28)18-12-16(10-11-17(18)29-5)21(25)23-20(22(26)30-6)19-14(3)8-7-9-15(19)4/h7-13,20,24H,1-6H3,(H,23,25)/t20-/m1/s1. The molecule has 0 saturated carbocycles. The smallest absolute Gasteiger partial charge is 0.333 e. The maximum Gasteiger partial charge on any atom is 0.333 e. The van der Waals surface area contributed by atoms with Crippen LogP contribution in [0.2, 0.25) is 0 Å². The summed E-state index contributed by atoms with van der Waals surface area (Å²) in [5.41, 5.74) is 2.32. The predicted molar refractivity (Wildman–Crippen MR) is 117 cm³/mol. The number of carbonyl (C=O) groups is 2. The Morgan fingerprint density at radius 1 is 1.00 bits per heavy atom. The minimum atomic E-state index is -3.92. The second-order valence-corrected chi connectivity index (χ2v) is 9.06. The Morgan fingerprint density at radius 3 is 2.13 bits per heavy atom. The normalized spacial score (nSPS) is 12.4. The van der Waals surface area contributed by atoms with Crippen LogP contribution in [0.1, 0.15) is 46.9 Å². The molecule has 9 heteroatoms. The van der Waals surface area contributed by atoms with Gasteiger partial charge < -0.3 is 14.8 Å². The van der Waals surface area contributed by atoms with Crippen molar-refractivity contribution in [1.29, 1.82) is 0 Å². The highest BCUT2D eigenvalue weighted by atomic mass is 32.2. The Hall–Kier alpha value is -2.91. The van der Waals surface area contributed by atoms with Gasteiger partial charge in [-0.3, -0.25) is 4.79 Å². The number of methoxy groups -OCH3 is 2. The molecular formula is C22H28N2O6S. The molecule has 1 atom stereocenters. The molecule has 0 aliphatic heterocycles. The van der Waals surface area contributed by atoms with Gasteiger partial charge in [0.05, 0.1) is 14.2 Å². The molecule has 0 heterocycles. The molecule has 0 aromatic heterocycles. The summed E-state index contributed by atoms with van der Waals surface area (Å²) in [6, 6.07) is 8.18. The Bertz CT molecular complexity index is 1060. The van der Waals surface area contributed by atoms with E-state index in [1.165, 1.54) is 32.4 Å². The highest BCUT2D eigenvalue weighted by Gasteiger charge is 2.28. The molecule has 2 aromatic rings. The molecule has 0 aliphatic carbocycles. The van der Waals surface area contributed by atoms with E-state index < -0.39 is 27.9 Å². The summed E-state index contributed by atoms with van der Waals surface area (Å²) in [5, 5.41) is 2.67. The van der Waals surface area contributed by atoms with E-state index in [1.807, 2.05) is 32.0 Å². The lowest BCUT2D eigenvalue weighted by Crippen LogP contribution is -2.36. The number of amides is 1. The van der Waals surface area contributed by atoms with Gasteiger partial charge in [0, 0.05) is 11.6 Å². The van der Waals surface area contributed by atoms with Crippen LogP contribution in [0.5, 0.6) is 5.75 Å². The van der Waals surface area contributed by atoms with Crippen LogP contribution >= 0.6 is 0 Å². The van der Waals surface area contributed by atoms with Crippen molar-refractivity contribution in [2.75, 3.05) is 14.2 Å². The van der Waals surface area contributed by atoms with E-state index in [1.54, 1.807) is 13.8 Å². The van der Waals surface area contributed by atoms with Gasteiger partial charge in [-0.15, -0.1) is 0 Å². The maximum absolute atomic E-state index is 13.0. The molecule has 2 rings (SSSR count). The van der Waals surface area contributed by atoms with Crippen molar-refractivity contribution in [1.82, 2.24) is 10.0 Å². The van der Waals surface area contributed by atoms with Crippen molar-refractivity contribution in [2.24, 2.45) is 0 Å². The molecule has 0 aliphatic rings. The first-order valence-corrected chi connectivity index (χ1v) is 11.1. The largest absolute Gasteiger partial charge is 0.495 e. The maximum atomic E-state index is 13.0. The van der Waals surface area contributed by atoms with Gasteiger partial charge in [0.1, 0.15) is 10.6 Å². The number of ether oxygens (including phenoxy) is 2. The van der Waals surface area contributed by atoms with E-state index in [0.717, 1.165) is 11.1 Å². The number of nitrogens with one attached hydrogen (secondary N) is 2. The third kappa shape index (κ3) is 5.62. The van der Waals surface area contributed by atoms with E-state index in [-0.39, 0.29) is 22.3 Å². The van der Waals surface area contributed by atoms with E-state index in [4.69, 9.17) is 9.47 Å². The third-order valence-electron chi connectivity index (χ3n) is 4.65. The zero-order valence-corrected chi connectivity index (χ0v) is 19.3. The van der Waals surface area contributed by atoms with E-state index in [9.17, 15) is 18.0 Å². The van der Waals surface area contributed by atoms with E-state index in [2.05, 4.69) is 10.0 Å². The molecule has 0 fully saturated rings. The average molecular weight is 449 g/mol. The van der Waals surface area contributed by atoms with Crippen molar-refractivity contribution >= 4 is 21.9 Å². The predicted octanol–water partition coefficient (Wildman–Crippen LogP) is 2.64. The van der Waals surface area contributed by atoms with Gasteiger partial charge in [0.25, 0.3) is 5.91 Å². The van der Waals surface area contributed by atoms with Crippen LogP contribution in [-0.4, -0.2) is 40.6 Å². The summed E-state index contributed by atoms with van der Waals surface area (Å²) in [6.45, 7) is 7.04. The fourth-order valence-corrected chi connectivity index (χ4v) is 4.71. The lowest BCUT2D eigenvalue weighted by molar-refractivity contribution is -0.143. The van der Waals surface area contributed by atoms with Crippen molar-refractivity contribution in [3.63, 3.8) is 0 Å². The lowest BCUT2D eigenvalue weighted by atomic mass is 9.95. The number of rotatable bonds is 8. The van der Waals surface area contributed by atoms with Gasteiger partial charge in [0.15, 0.2) is 6.04 Å². The van der Waals surface area contributed by atoms with Gasteiger partial charge in [-0.25, -0.2) is 17.9 Å². The molecule has 0 spiro atoms. The van der Waals surface area contributed by atoms with Crippen molar-refractivity contribution in [3.05, 3.63) is 58.7 Å². The van der Waals surface area contributed by atoms with Crippen LogP contribution in [0, 0.1) is 13.8 Å². The van der Waals surface area contributed by atoms with Crippen LogP contribution in [0.25, 0.3) is 0 Å². The van der Waals surface area contributed by atoms with Gasteiger partial charge in [-0.05, 0) is 62.6 Å². The van der Waals surface area contributed by atoms with Gasteiger partial charge >= 0.3 is 5.97 Å².